The van der Waals surface area contributed by atoms with Gasteiger partial charge in [0.2, 0.25) is 11.6 Å². The van der Waals surface area contributed by atoms with E-state index in [0.29, 0.717) is 12.8 Å². The maximum atomic E-state index is 11.8. The van der Waals surface area contributed by atoms with E-state index in [1.807, 2.05) is 0 Å². The summed E-state index contributed by atoms with van der Waals surface area (Å²) in [5, 5.41) is 0. The molecule has 16 heavy (non-hydrogen) atoms. The van der Waals surface area contributed by atoms with Crippen molar-refractivity contribution in [3.8, 4) is 0 Å². The molecule has 2 rings (SSSR count). The number of hydrogen-bond donors (Lipinski definition) is 0. The summed E-state index contributed by atoms with van der Waals surface area (Å²) < 4.78 is 32.7. The van der Waals surface area contributed by atoms with Crippen molar-refractivity contribution in [2.45, 2.75) is 26.7 Å². The molecule has 0 spiro atoms. The van der Waals surface area contributed by atoms with Crippen LogP contribution in [0, 0.1) is 16.7 Å². The molecule has 2 aliphatic carbocycles. The molecule has 90 valence electrons. The minimum atomic E-state index is -4.50. The monoisotopic (exact) mass is 245 g/mol. The second kappa shape index (κ2) is 2.92. The molecule has 0 aliphatic heterocycles. The van der Waals surface area contributed by atoms with E-state index < -0.39 is 44.2 Å². The first-order valence-corrected chi connectivity index (χ1v) is 6.72. The molecule has 2 fully saturated rings. The highest BCUT2D eigenvalue weighted by Gasteiger charge is 2.69. The maximum absolute atomic E-state index is 11.8. The number of ketones is 2. The second-order valence-electron chi connectivity index (χ2n) is 5.29. The lowest BCUT2D eigenvalue weighted by Gasteiger charge is -2.35. The van der Waals surface area contributed by atoms with Crippen LogP contribution in [0.3, 0.4) is 0 Å². The van der Waals surface area contributed by atoms with Crippen molar-refractivity contribution in [3.05, 3.63) is 0 Å². The van der Waals surface area contributed by atoms with Gasteiger partial charge in [-0.1, -0.05) is 13.8 Å². The fraction of sp³-hybridized carbons (Fsp3) is 0.800. The molecule has 0 aromatic carbocycles. The number of Topliss-reactive ketones (excluding diaryl/α,β-unsaturated/α-hetero) is 2. The minimum absolute atomic E-state index is 0.330. The van der Waals surface area contributed by atoms with Gasteiger partial charge in [-0.2, -0.15) is 0 Å². The summed E-state index contributed by atoms with van der Waals surface area (Å²) in [7, 11) is -4.50. The summed E-state index contributed by atoms with van der Waals surface area (Å²) in [6.45, 7) is 3.41. The lowest BCUT2D eigenvalue weighted by molar-refractivity contribution is -0.141. The van der Waals surface area contributed by atoms with E-state index in [0.717, 1.165) is 0 Å². The third-order valence-corrected chi connectivity index (χ3v) is 5.21. The number of rotatable bonds is 2. The average Bonchev–Trinajstić information content (AvgIpc) is 2.39. The van der Waals surface area contributed by atoms with E-state index in [9.17, 15) is 22.6 Å². The Hall–Kier alpha value is -0.750. The quantitative estimate of drug-likeness (QED) is 0.508. The van der Waals surface area contributed by atoms with Crippen LogP contribution < -0.4 is 0 Å². The Balaban J connectivity index is 2.54. The summed E-state index contributed by atoms with van der Waals surface area (Å²) in [6.07, 6.45) is 0.837. The van der Waals surface area contributed by atoms with E-state index in [1.54, 1.807) is 13.8 Å². The van der Waals surface area contributed by atoms with Gasteiger partial charge in [-0.25, -0.2) is 8.42 Å². The fourth-order valence-corrected chi connectivity index (χ4v) is 4.54. The molecular weight excluding hydrogens is 232 g/mol. The maximum Gasteiger partial charge on any atom is 0.206 e. The summed E-state index contributed by atoms with van der Waals surface area (Å²) in [6, 6.07) is 0. The van der Waals surface area contributed by atoms with Crippen LogP contribution in [0.5, 0.6) is 0 Å². The predicted octanol–water partition coefficient (Wildman–Crippen LogP) is 0.106. The van der Waals surface area contributed by atoms with Gasteiger partial charge in [0.15, 0.2) is 0 Å². The Kier molecular flexibility index (Phi) is 2.14. The van der Waals surface area contributed by atoms with Gasteiger partial charge in [0.1, 0.15) is 0 Å². The molecule has 0 aromatic heterocycles. The summed E-state index contributed by atoms with van der Waals surface area (Å²) in [4.78, 5) is 23.5. The molecule has 5 nitrogen and oxygen atoms in total. The molecule has 0 saturated heterocycles. The molecule has 2 atom stereocenters. The van der Waals surface area contributed by atoms with Gasteiger partial charge in [-0.3, -0.25) is 9.59 Å². The molecule has 0 radical (unpaired) electrons. The van der Waals surface area contributed by atoms with E-state index in [1.165, 1.54) is 0 Å². The van der Waals surface area contributed by atoms with Gasteiger partial charge in [0.05, 0.1) is 21.3 Å². The van der Waals surface area contributed by atoms with Gasteiger partial charge in [0, 0.05) is 5.92 Å². The molecular formula is C10H13O5S-. The standard InChI is InChI=1S/C10H14O5S/c1-9(2)6-3-4-10(9,5-16(13,14)15)8(12)7(6)11/h6H,3-5H2,1-2H3,(H,13,14,15)/p-1/t6-,10-/m0/s1. The van der Waals surface area contributed by atoms with Crippen molar-refractivity contribution < 1.29 is 22.6 Å². The molecule has 2 bridgehead atoms. The second-order valence-corrected chi connectivity index (χ2v) is 6.69. The highest BCUT2D eigenvalue weighted by atomic mass is 32.2. The van der Waals surface area contributed by atoms with Crippen molar-refractivity contribution >= 4 is 21.7 Å². The van der Waals surface area contributed by atoms with Gasteiger partial charge in [-0.15, -0.1) is 0 Å². The first-order chi connectivity index (χ1) is 7.12. The van der Waals surface area contributed by atoms with Crippen molar-refractivity contribution in [3.63, 3.8) is 0 Å². The van der Waals surface area contributed by atoms with Crippen molar-refractivity contribution in [1.29, 1.82) is 0 Å². The van der Waals surface area contributed by atoms with Crippen LogP contribution in [0.2, 0.25) is 0 Å². The van der Waals surface area contributed by atoms with Gasteiger partial charge in [0.25, 0.3) is 0 Å². The van der Waals surface area contributed by atoms with E-state index in [-0.39, 0.29) is 0 Å². The molecule has 0 amide bonds. The zero-order valence-corrected chi connectivity index (χ0v) is 9.96. The molecule has 2 saturated carbocycles. The first-order valence-electron chi connectivity index (χ1n) is 5.14. The number of carbonyl (C=O) groups excluding carboxylic acids is 2. The largest absolute Gasteiger partial charge is 0.748 e. The van der Waals surface area contributed by atoms with Crippen molar-refractivity contribution in [1.82, 2.24) is 0 Å². The topological polar surface area (TPSA) is 91.3 Å². The van der Waals surface area contributed by atoms with Gasteiger partial charge < -0.3 is 4.55 Å². The Bertz CT molecular complexity index is 475. The van der Waals surface area contributed by atoms with Gasteiger partial charge in [-0.05, 0) is 18.3 Å². The van der Waals surface area contributed by atoms with Crippen molar-refractivity contribution in [2.24, 2.45) is 16.7 Å². The Morgan fingerprint density at radius 3 is 2.31 bits per heavy atom. The molecule has 0 N–H and O–H groups in total. The third-order valence-electron chi connectivity index (χ3n) is 4.36. The third kappa shape index (κ3) is 1.23. The van der Waals surface area contributed by atoms with Crippen LogP contribution in [-0.2, 0) is 19.7 Å². The van der Waals surface area contributed by atoms with E-state index in [4.69, 9.17) is 0 Å². The average molecular weight is 245 g/mol. The highest BCUT2D eigenvalue weighted by Crippen LogP contribution is 2.62. The minimum Gasteiger partial charge on any atom is -0.748 e. The van der Waals surface area contributed by atoms with Crippen LogP contribution in [0.15, 0.2) is 0 Å². The lowest BCUT2D eigenvalue weighted by Crippen LogP contribution is -2.43. The highest BCUT2D eigenvalue weighted by molar-refractivity contribution is 7.85. The molecule has 0 unspecified atom stereocenters. The summed E-state index contributed by atoms with van der Waals surface area (Å²) in [5.41, 5.74) is -1.98. The number of fused-ring (bicyclic) bond motifs is 2. The van der Waals surface area contributed by atoms with Crippen molar-refractivity contribution in [2.75, 3.05) is 5.75 Å². The predicted molar refractivity (Wildman–Crippen MR) is 53.5 cm³/mol. The fourth-order valence-electron chi connectivity index (χ4n) is 3.29. The summed E-state index contributed by atoms with van der Waals surface area (Å²) in [5.74, 6) is -2.32. The Labute approximate surface area is 94.0 Å². The van der Waals surface area contributed by atoms with Crippen LogP contribution in [-0.4, -0.2) is 30.3 Å². The molecule has 2 aliphatic rings. The van der Waals surface area contributed by atoms with Crippen LogP contribution >= 0.6 is 0 Å². The Morgan fingerprint density at radius 1 is 1.38 bits per heavy atom. The number of hydrogen-bond acceptors (Lipinski definition) is 5. The molecule has 6 heteroatoms. The zero-order valence-electron chi connectivity index (χ0n) is 9.15. The van der Waals surface area contributed by atoms with E-state index >= 15 is 0 Å². The smallest absolute Gasteiger partial charge is 0.206 e. The number of carbonyl (C=O) groups is 2. The van der Waals surface area contributed by atoms with Gasteiger partial charge >= 0.3 is 0 Å². The SMILES string of the molecule is CC1(C)[C@H]2CC[C@]1(CS(=O)(=O)[O-])C(=O)C2=O. The van der Waals surface area contributed by atoms with Crippen LogP contribution in [0.4, 0.5) is 0 Å². The van der Waals surface area contributed by atoms with Crippen LogP contribution in [0.1, 0.15) is 26.7 Å². The van der Waals surface area contributed by atoms with E-state index in [2.05, 4.69) is 0 Å². The zero-order chi connectivity index (χ0) is 12.4. The molecule has 0 aromatic rings. The first kappa shape index (κ1) is 11.7. The molecule has 0 heterocycles. The Morgan fingerprint density at radius 2 is 1.94 bits per heavy atom. The lowest BCUT2D eigenvalue weighted by atomic mass is 9.70. The normalized spacial score (nSPS) is 37.1. The summed E-state index contributed by atoms with van der Waals surface area (Å²) >= 11 is 0. The van der Waals surface area contributed by atoms with Crippen LogP contribution in [0.25, 0.3) is 0 Å².